The molecule has 1 aromatic carbocycles. The van der Waals surface area contributed by atoms with Gasteiger partial charge in [-0.3, -0.25) is 23.7 Å². The zero-order valence-electron chi connectivity index (χ0n) is 16.9. The summed E-state index contributed by atoms with van der Waals surface area (Å²) in [6, 6.07) is 6.03. The molecule has 0 radical (unpaired) electrons. The lowest BCUT2D eigenvalue weighted by atomic mass is 10.2. The van der Waals surface area contributed by atoms with Crippen molar-refractivity contribution in [2.45, 2.75) is 19.9 Å². The molecular weight excluding hydrogens is 391 g/mol. The van der Waals surface area contributed by atoms with Crippen molar-refractivity contribution in [1.82, 2.24) is 24.0 Å². The van der Waals surface area contributed by atoms with Crippen molar-refractivity contribution in [3.63, 3.8) is 0 Å². The van der Waals surface area contributed by atoms with Gasteiger partial charge in [-0.1, -0.05) is 19.1 Å². The van der Waals surface area contributed by atoms with Crippen LogP contribution in [-0.4, -0.2) is 56.1 Å². The Morgan fingerprint density at radius 1 is 1.13 bits per heavy atom. The van der Waals surface area contributed by atoms with E-state index in [0.717, 1.165) is 5.56 Å². The van der Waals surface area contributed by atoms with E-state index in [1.54, 1.807) is 23.7 Å². The second-order valence-corrected chi connectivity index (χ2v) is 7.34. The molecule has 10 heteroatoms. The van der Waals surface area contributed by atoms with E-state index in [1.165, 1.54) is 16.7 Å². The number of imidazole rings is 1. The maximum Gasteiger partial charge on any atom is 0.329 e. The Bertz CT molecular complexity index is 1200. The molecule has 1 saturated heterocycles. The van der Waals surface area contributed by atoms with Crippen molar-refractivity contribution in [2.75, 3.05) is 31.1 Å². The smallest absolute Gasteiger partial charge is 0.329 e. The molecule has 0 saturated carbocycles. The van der Waals surface area contributed by atoms with Crippen LogP contribution < -0.4 is 16.1 Å². The summed E-state index contributed by atoms with van der Waals surface area (Å²) in [6.45, 7) is 4.36. The predicted octanol–water partition coefficient (Wildman–Crippen LogP) is 0.669. The molecule has 158 valence electrons. The Morgan fingerprint density at radius 3 is 2.43 bits per heavy atom. The van der Waals surface area contributed by atoms with E-state index in [4.69, 9.17) is 0 Å². The summed E-state index contributed by atoms with van der Waals surface area (Å²) in [4.78, 5) is 47.4. The molecule has 1 fully saturated rings. The molecule has 0 unspecified atom stereocenters. The predicted molar refractivity (Wildman–Crippen MR) is 110 cm³/mol. The molecule has 2 aromatic heterocycles. The normalized spacial score (nSPS) is 14.5. The minimum Gasteiger partial charge on any atom is -0.339 e. The number of H-pyrrole nitrogens is 1. The first-order valence-electron chi connectivity index (χ1n) is 9.85. The number of nitrogens with zero attached hydrogens (tertiary/aromatic N) is 5. The van der Waals surface area contributed by atoms with Gasteiger partial charge in [0.2, 0.25) is 11.9 Å². The van der Waals surface area contributed by atoms with E-state index < -0.39 is 11.2 Å². The zero-order chi connectivity index (χ0) is 21.4. The van der Waals surface area contributed by atoms with E-state index in [-0.39, 0.29) is 22.9 Å². The maximum absolute atomic E-state index is 13.3. The van der Waals surface area contributed by atoms with E-state index in [0.29, 0.717) is 45.1 Å². The van der Waals surface area contributed by atoms with Gasteiger partial charge in [0.15, 0.2) is 11.2 Å². The number of piperazine rings is 1. The van der Waals surface area contributed by atoms with Crippen LogP contribution in [0.25, 0.3) is 11.2 Å². The van der Waals surface area contributed by atoms with Crippen LogP contribution in [0.5, 0.6) is 0 Å². The Hall–Kier alpha value is -3.43. The van der Waals surface area contributed by atoms with Crippen LogP contribution in [0.3, 0.4) is 0 Å². The first kappa shape index (κ1) is 19.9. The quantitative estimate of drug-likeness (QED) is 0.677. The molecule has 9 nitrogen and oxygen atoms in total. The van der Waals surface area contributed by atoms with E-state index in [2.05, 4.69) is 9.97 Å². The summed E-state index contributed by atoms with van der Waals surface area (Å²) >= 11 is 0. The van der Waals surface area contributed by atoms with Gasteiger partial charge in [-0.25, -0.2) is 9.18 Å². The second-order valence-electron chi connectivity index (χ2n) is 7.34. The van der Waals surface area contributed by atoms with E-state index >= 15 is 0 Å². The van der Waals surface area contributed by atoms with Gasteiger partial charge in [-0.2, -0.15) is 4.98 Å². The van der Waals surface area contributed by atoms with Gasteiger partial charge in [0, 0.05) is 39.6 Å². The van der Waals surface area contributed by atoms with Crippen molar-refractivity contribution in [3.8, 4) is 0 Å². The first-order chi connectivity index (χ1) is 14.4. The Balaban J connectivity index is 1.78. The van der Waals surface area contributed by atoms with Gasteiger partial charge < -0.3 is 9.80 Å². The van der Waals surface area contributed by atoms with Gasteiger partial charge in [0.05, 0.1) is 6.54 Å². The standard InChI is InChI=1S/C20H23FN6O3/c1-3-15(28)25-8-10-26(11-9-25)19-22-17-16(18(29)23-20(30)24(17)2)27(19)12-13-4-6-14(21)7-5-13/h4-7H,3,8-12H2,1-2H3,(H,23,29,30). The summed E-state index contributed by atoms with van der Waals surface area (Å²) in [5.74, 6) is 0.310. The van der Waals surface area contributed by atoms with Gasteiger partial charge >= 0.3 is 5.69 Å². The van der Waals surface area contributed by atoms with Gasteiger partial charge in [-0.05, 0) is 17.7 Å². The third kappa shape index (κ3) is 3.49. The zero-order valence-corrected chi connectivity index (χ0v) is 16.9. The molecule has 1 N–H and O–H groups in total. The van der Waals surface area contributed by atoms with Crippen LogP contribution >= 0.6 is 0 Å². The van der Waals surface area contributed by atoms with Gasteiger partial charge in [-0.15, -0.1) is 0 Å². The monoisotopic (exact) mass is 414 g/mol. The number of carbonyl (C=O) groups excluding carboxylic acids is 1. The number of amides is 1. The molecule has 1 amide bonds. The molecule has 1 aliphatic heterocycles. The highest BCUT2D eigenvalue weighted by Gasteiger charge is 2.26. The first-order valence-corrected chi connectivity index (χ1v) is 9.85. The number of benzene rings is 1. The SMILES string of the molecule is CCC(=O)N1CCN(c2nc3c(c(=O)[nH]c(=O)n3C)n2Cc2ccc(F)cc2)CC1. The van der Waals surface area contributed by atoms with E-state index in [1.807, 2.05) is 16.7 Å². The van der Waals surface area contributed by atoms with Crippen LogP contribution in [0, 0.1) is 5.82 Å². The number of aryl methyl sites for hydroxylation is 1. The van der Waals surface area contributed by atoms with Crippen LogP contribution in [0.15, 0.2) is 33.9 Å². The number of aromatic amines is 1. The van der Waals surface area contributed by atoms with Crippen LogP contribution in [0.1, 0.15) is 18.9 Å². The minimum atomic E-state index is -0.538. The molecule has 3 aromatic rings. The average molecular weight is 414 g/mol. The number of rotatable bonds is 4. The summed E-state index contributed by atoms with van der Waals surface area (Å²) in [6.07, 6.45) is 0.459. The fraction of sp³-hybridized carbons (Fsp3) is 0.400. The molecule has 1 aliphatic rings. The molecule has 0 bridgehead atoms. The van der Waals surface area contributed by atoms with Crippen molar-refractivity contribution in [2.24, 2.45) is 7.05 Å². The highest BCUT2D eigenvalue weighted by atomic mass is 19.1. The maximum atomic E-state index is 13.3. The number of hydrogen-bond donors (Lipinski definition) is 1. The third-order valence-corrected chi connectivity index (χ3v) is 5.46. The molecule has 0 aliphatic carbocycles. The minimum absolute atomic E-state index is 0.105. The Morgan fingerprint density at radius 2 is 1.80 bits per heavy atom. The Labute approximate surface area is 171 Å². The van der Waals surface area contributed by atoms with Crippen LogP contribution in [-0.2, 0) is 18.4 Å². The third-order valence-electron chi connectivity index (χ3n) is 5.46. The fourth-order valence-electron chi connectivity index (χ4n) is 3.77. The number of aromatic nitrogens is 4. The molecule has 4 rings (SSSR count). The van der Waals surface area contributed by atoms with Crippen molar-refractivity contribution < 1.29 is 9.18 Å². The molecular formula is C20H23FN6O3. The van der Waals surface area contributed by atoms with Gasteiger partial charge in [0.25, 0.3) is 5.56 Å². The van der Waals surface area contributed by atoms with Crippen molar-refractivity contribution in [1.29, 1.82) is 0 Å². The topological polar surface area (TPSA) is 96.2 Å². The second kappa shape index (κ2) is 7.77. The van der Waals surface area contributed by atoms with Crippen molar-refractivity contribution in [3.05, 3.63) is 56.5 Å². The number of hydrogen-bond acceptors (Lipinski definition) is 5. The number of halogens is 1. The summed E-state index contributed by atoms with van der Waals surface area (Å²) in [5.41, 5.74) is 0.305. The Kier molecular flexibility index (Phi) is 5.15. The number of anilines is 1. The molecule has 3 heterocycles. The summed E-state index contributed by atoms with van der Waals surface area (Å²) < 4.78 is 16.4. The number of nitrogens with one attached hydrogen (secondary N) is 1. The molecule has 0 spiro atoms. The number of fused-ring (bicyclic) bond motifs is 1. The van der Waals surface area contributed by atoms with Gasteiger partial charge in [0.1, 0.15) is 5.82 Å². The fourth-order valence-corrected chi connectivity index (χ4v) is 3.77. The lowest BCUT2D eigenvalue weighted by Gasteiger charge is -2.35. The lowest BCUT2D eigenvalue weighted by molar-refractivity contribution is -0.131. The highest BCUT2D eigenvalue weighted by Crippen LogP contribution is 2.22. The highest BCUT2D eigenvalue weighted by molar-refractivity contribution is 5.77. The van der Waals surface area contributed by atoms with Crippen molar-refractivity contribution >= 4 is 23.0 Å². The summed E-state index contributed by atoms with van der Waals surface area (Å²) in [7, 11) is 1.55. The van der Waals surface area contributed by atoms with Crippen LogP contribution in [0.4, 0.5) is 10.3 Å². The lowest BCUT2D eigenvalue weighted by Crippen LogP contribution is -2.49. The largest absolute Gasteiger partial charge is 0.339 e. The molecule has 0 atom stereocenters. The average Bonchev–Trinajstić information content (AvgIpc) is 3.13. The molecule has 30 heavy (non-hydrogen) atoms. The summed E-state index contributed by atoms with van der Waals surface area (Å²) in [5, 5.41) is 0. The van der Waals surface area contributed by atoms with E-state index in [9.17, 15) is 18.8 Å². The van der Waals surface area contributed by atoms with Crippen LogP contribution in [0.2, 0.25) is 0 Å². The number of carbonyl (C=O) groups is 1.